The Kier molecular flexibility index (Phi) is 4.69. The van der Waals surface area contributed by atoms with Crippen LogP contribution in [-0.2, 0) is 4.74 Å². The van der Waals surface area contributed by atoms with E-state index in [-0.39, 0.29) is 10.7 Å². The summed E-state index contributed by atoms with van der Waals surface area (Å²) in [5.74, 6) is 0.273. The summed E-state index contributed by atoms with van der Waals surface area (Å²) in [6, 6.07) is 3.49. The number of ether oxygens (including phenoxy) is 1. The molecule has 0 unspecified atom stereocenters. The summed E-state index contributed by atoms with van der Waals surface area (Å²) in [7, 11) is 1.39. The van der Waals surface area contributed by atoms with Crippen molar-refractivity contribution >= 4 is 23.5 Å². The lowest BCUT2D eigenvalue weighted by Gasteiger charge is -2.27. The number of carbonyl (C=O) groups excluding carboxylic acids is 1. The van der Waals surface area contributed by atoms with Gasteiger partial charge >= 0.3 is 5.97 Å². The van der Waals surface area contributed by atoms with E-state index in [1.54, 1.807) is 18.3 Å². The number of aromatic nitrogens is 1. The first-order valence-corrected chi connectivity index (χ1v) is 7.75. The highest BCUT2D eigenvalue weighted by molar-refractivity contribution is 8.00. The fourth-order valence-corrected chi connectivity index (χ4v) is 3.45. The minimum Gasteiger partial charge on any atom is -0.465 e. The second-order valence-electron chi connectivity index (χ2n) is 4.84. The SMILES string of the molecule is COC(=O)c1cccnc1NCC1(SC)CCCC1. The Bertz CT molecular complexity index is 445. The van der Waals surface area contributed by atoms with Crippen LogP contribution < -0.4 is 5.32 Å². The highest BCUT2D eigenvalue weighted by atomic mass is 32.2. The lowest BCUT2D eigenvalue weighted by atomic mass is 10.1. The molecule has 0 atom stereocenters. The quantitative estimate of drug-likeness (QED) is 0.840. The van der Waals surface area contributed by atoms with Gasteiger partial charge in [0.1, 0.15) is 11.4 Å². The normalized spacial score (nSPS) is 17.2. The molecule has 1 aromatic rings. The summed E-state index contributed by atoms with van der Waals surface area (Å²) in [5.41, 5.74) is 0.499. The van der Waals surface area contributed by atoms with E-state index in [9.17, 15) is 4.79 Å². The van der Waals surface area contributed by atoms with E-state index in [0.29, 0.717) is 11.4 Å². The highest BCUT2D eigenvalue weighted by Gasteiger charge is 2.33. The van der Waals surface area contributed by atoms with Crippen LogP contribution in [-0.4, -0.2) is 35.6 Å². The average Bonchev–Trinajstić information content (AvgIpc) is 2.94. The third-order valence-corrected chi connectivity index (χ3v) is 5.16. The van der Waals surface area contributed by atoms with Crippen molar-refractivity contribution in [3.63, 3.8) is 0 Å². The molecule has 0 aliphatic heterocycles. The molecule has 0 saturated heterocycles. The van der Waals surface area contributed by atoms with Crippen LogP contribution in [0.3, 0.4) is 0 Å². The average molecular weight is 280 g/mol. The van der Waals surface area contributed by atoms with Crippen molar-refractivity contribution in [2.24, 2.45) is 0 Å². The van der Waals surface area contributed by atoms with Crippen molar-refractivity contribution in [3.8, 4) is 0 Å². The molecule has 1 heterocycles. The summed E-state index contributed by atoms with van der Waals surface area (Å²) in [5, 5.41) is 3.33. The topological polar surface area (TPSA) is 51.2 Å². The molecule has 104 valence electrons. The summed E-state index contributed by atoms with van der Waals surface area (Å²) >= 11 is 1.91. The monoisotopic (exact) mass is 280 g/mol. The van der Waals surface area contributed by atoms with Crippen LogP contribution >= 0.6 is 11.8 Å². The van der Waals surface area contributed by atoms with E-state index in [2.05, 4.69) is 16.6 Å². The van der Waals surface area contributed by atoms with Gasteiger partial charge in [0, 0.05) is 17.5 Å². The Morgan fingerprint density at radius 2 is 2.26 bits per heavy atom. The molecule has 1 aliphatic rings. The molecule has 1 N–H and O–H groups in total. The van der Waals surface area contributed by atoms with Crippen LogP contribution in [0.4, 0.5) is 5.82 Å². The summed E-state index contributed by atoms with van der Waals surface area (Å²) in [6.07, 6.45) is 8.87. The van der Waals surface area contributed by atoms with Crippen molar-refractivity contribution in [3.05, 3.63) is 23.9 Å². The lowest BCUT2D eigenvalue weighted by molar-refractivity contribution is 0.0601. The molecule has 0 aromatic carbocycles. The van der Waals surface area contributed by atoms with Gasteiger partial charge in [-0.25, -0.2) is 9.78 Å². The summed E-state index contributed by atoms with van der Waals surface area (Å²) < 4.78 is 5.06. The van der Waals surface area contributed by atoms with Gasteiger partial charge in [0.25, 0.3) is 0 Å². The van der Waals surface area contributed by atoms with Crippen LogP contribution in [0.5, 0.6) is 0 Å². The maximum absolute atomic E-state index is 11.7. The summed E-state index contributed by atoms with van der Waals surface area (Å²) in [6.45, 7) is 0.842. The predicted molar refractivity (Wildman–Crippen MR) is 78.8 cm³/mol. The van der Waals surface area contributed by atoms with Crippen molar-refractivity contribution in [2.45, 2.75) is 30.4 Å². The van der Waals surface area contributed by atoms with Crippen LogP contribution in [0.2, 0.25) is 0 Å². The van der Waals surface area contributed by atoms with E-state index >= 15 is 0 Å². The maximum atomic E-state index is 11.7. The molecule has 0 amide bonds. The molecule has 5 heteroatoms. The number of pyridine rings is 1. The fraction of sp³-hybridized carbons (Fsp3) is 0.571. The van der Waals surface area contributed by atoms with E-state index in [1.807, 2.05) is 11.8 Å². The Morgan fingerprint density at radius 3 is 2.89 bits per heavy atom. The first-order valence-electron chi connectivity index (χ1n) is 6.53. The van der Waals surface area contributed by atoms with Gasteiger partial charge in [-0.1, -0.05) is 12.8 Å². The third kappa shape index (κ3) is 3.21. The van der Waals surface area contributed by atoms with Crippen LogP contribution in [0, 0.1) is 0 Å². The molecule has 0 bridgehead atoms. The smallest absolute Gasteiger partial charge is 0.341 e. The van der Waals surface area contributed by atoms with E-state index in [0.717, 1.165) is 6.54 Å². The fourth-order valence-electron chi connectivity index (χ4n) is 2.54. The molecule has 0 spiro atoms. The van der Waals surface area contributed by atoms with E-state index < -0.39 is 0 Å². The maximum Gasteiger partial charge on any atom is 0.341 e. The molecule has 2 rings (SSSR count). The molecule has 1 fully saturated rings. The number of hydrogen-bond acceptors (Lipinski definition) is 5. The molecule has 4 nitrogen and oxygen atoms in total. The zero-order chi connectivity index (χ0) is 13.7. The van der Waals surface area contributed by atoms with Crippen LogP contribution in [0.15, 0.2) is 18.3 Å². The Labute approximate surface area is 118 Å². The third-order valence-electron chi connectivity index (χ3n) is 3.74. The largest absolute Gasteiger partial charge is 0.465 e. The van der Waals surface area contributed by atoms with Crippen LogP contribution in [0.1, 0.15) is 36.0 Å². The number of methoxy groups -OCH3 is 1. The number of anilines is 1. The van der Waals surface area contributed by atoms with Gasteiger partial charge in [0.05, 0.1) is 7.11 Å². The van der Waals surface area contributed by atoms with Gasteiger partial charge in [-0.2, -0.15) is 11.8 Å². The number of carbonyl (C=O) groups is 1. The first kappa shape index (κ1) is 14.2. The zero-order valence-corrected chi connectivity index (χ0v) is 12.3. The standard InChI is InChI=1S/C14H20N2O2S/c1-18-13(17)11-6-5-9-15-12(11)16-10-14(19-2)7-3-4-8-14/h5-6,9H,3-4,7-8,10H2,1-2H3,(H,15,16). The van der Waals surface area contributed by atoms with Gasteiger partial charge in [0.2, 0.25) is 0 Å². The molecule has 0 radical (unpaired) electrons. The molecule has 19 heavy (non-hydrogen) atoms. The minimum absolute atomic E-state index is 0.283. The first-order chi connectivity index (χ1) is 9.21. The van der Waals surface area contributed by atoms with Crippen molar-refractivity contribution in [1.29, 1.82) is 0 Å². The van der Waals surface area contributed by atoms with Crippen molar-refractivity contribution in [2.75, 3.05) is 25.2 Å². The van der Waals surface area contributed by atoms with Crippen molar-refractivity contribution < 1.29 is 9.53 Å². The van der Waals surface area contributed by atoms with E-state index in [4.69, 9.17) is 4.74 Å². The van der Waals surface area contributed by atoms with Gasteiger partial charge < -0.3 is 10.1 Å². The van der Waals surface area contributed by atoms with Gasteiger partial charge in [-0.05, 0) is 31.2 Å². The van der Waals surface area contributed by atoms with Gasteiger partial charge in [-0.3, -0.25) is 0 Å². The molecule has 1 aromatic heterocycles. The Hall–Kier alpha value is -1.23. The number of thioether (sulfide) groups is 1. The number of hydrogen-bond donors (Lipinski definition) is 1. The summed E-state index contributed by atoms with van der Waals surface area (Å²) in [4.78, 5) is 15.9. The second-order valence-corrected chi connectivity index (χ2v) is 6.11. The Balaban J connectivity index is 2.09. The zero-order valence-electron chi connectivity index (χ0n) is 11.4. The molecule has 1 saturated carbocycles. The second kappa shape index (κ2) is 6.28. The predicted octanol–water partition coefficient (Wildman–Crippen LogP) is 2.96. The Morgan fingerprint density at radius 1 is 1.53 bits per heavy atom. The number of rotatable bonds is 5. The minimum atomic E-state index is -0.347. The number of nitrogens with one attached hydrogen (secondary N) is 1. The van der Waals surface area contributed by atoms with Crippen LogP contribution in [0.25, 0.3) is 0 Å². The molecular formula is C14H20N2O2S. The van der Waals surface area contributed by atoms with Crippen molar-refractivity contribution in [1.82, 2.24) is 4.98 Å². The van der Waals surface area contributed by atoms with E-state index in [1.165, 1.54) is 32.8 Å². The van der Waals surface area contributed by atoms with Gasteiger partial charge in [-0.15, -0.1) is 0 Å². The number of esters is 1. The highest BCUT2D eigenvalue weighted by Crippen LogP contribution is 2.40. The van der Waals surface area contributed by atoms with Gasteiger partial charge in [0.15, 0.2) is 0 Å². The molecule has 1 aliphatic carbocycles. The lowest BCUT2D eigenvalue weighted by Crippen LogP contribution is -2.30. The number of nitrogens with zero attached hydrogens (tertiary/aromatic N) is 1. The molecular weight excluding hydrogens is 260 g/mol.